The molecule has 0 radical (unpaired) electrons. The molecule has 1 heteroatoms. The Morgan fingerprint density at radius 3 is 2.73 bits per heavy atom. The maximum absolute atomic E-state index is 5.85. The Balaban J connectivity index is 2.21. The molecule has 2 rings (SSSR count). The maximum atomic E-state index is 5.85. The lowest BCUT2D eigenvalue weighted by Gasteiger charge is -2.33. The molecule has 0 spiro atoms. The van der Waals surface area contributed by atoms with Crippen LogP contribution >= 0.6 is 0 Å². The minimum Gasteiger partial charge on any atom is -0.399 e. The summed E-state index contributed by atoms with van der Waals surface area (Å²) in [4.78, 5) is 0. The average molecular weight is 203 g/mol. The van der Waals surface area contributed by atoms with Gasteiger partial charge in [0.25, 0.3) is 0 Å². The highest BCUT2D eigenvalue weighted by molar-refractivity contribution is 5.42. The van der Waals surface area contributed by atoms with Crippen LogP contribution in [0.25, 0.3) is 0 Å². The first-order valence-corrected chi connectivity index (χ1v) is 6.02. The normalized spacial score (nSPS) is 31.5. The lowest BCUT2D eigenvalue weighted by molar-refractivity contribution is 0.265. The Kier molecular flexibility index (Phi) is 2.99. The molecule has 0 saturated heterocycles. The van der Waals surface area contributed by atoms with E-state index in [4.69, 9.17) is 5.73 Å². The Labute approximate surface area is 92.7 Å². The lowest BCUT2D eigenvalue weighted by atomic mass is 9.72. The van der Waals surface area contributed by atoms with Crippen LogP contribution in [0, 0.1) is 11.8 Å². The minimum absolute atomic E-state index is 0.720. The van der Waals surface area contributed by atoms with Crippen LogP contribution in [0.4, 0.5) is 5.69 Å². The van der Waals surface area contributed by atoms with E-state index in [0.29, 0.717) is 0 Å². The number of hydrogen-bond donors (Lipinski definition) is 1. The first-order chi connectivity index (χ1) is 7.16. The van der Waals surface area contributed by atoms with Gasteiger partial charge in [0.05, 0.1) is 0 Å². The third kappa shape index (κ3) is 2.34. The van der Waals surface area contributed by atoms with Gasteiger partial charge in [0.15, 0.2) is 0 Å². The fraction of sp³-hybridized carbons (Fsp3) is 0.571. The second-order valence-electron chi connectivity index (χ2n) is 5.17. The van der Waals surface area contributed by atoms with Crippen molar-refractivity contribution < 1.29 is 0 Å². The van der Waals surface area contributed by atoms with Crippen molar-refractivity contribution in [1.29, 1.82) is 0 Å². The van der Waals surface area contributed by atoms with Crippen molar-refractivity contribution in [2.45, 2.75) is 39.0 Å². The predicted octanol–water partition coefficient (Wildman–Crippen LogP) is 3.81. The van der Waals surface area contributed by atoms with Gasteiger partial charge in [-0.2, -0.15) is 0 Å². The van der Waals surface area contributed by atoms with E-state index in [-0.39, 0.29) is 0 Å². The number of nitrogen functional groups attached to an aromatic ring is 1. The van der Waals surface area contributed by atoms with Gasteiger partial charge in [-0.3, -0.25) is 0 Å². The van der Waals surface area contributed by atoms with E-state index in [9.17, 15) is 0 Å². The zero-order chi connectivity index (χ0) is 10.8. The maximum Gasteiger partial charge on any atom is 0.0316 e. The van der Waals surface area contributed by atoms with Crippen molar-refractivity contribution >= 4 is 5.69 Å². The van der Waals surface area contributed by atoms with Crippen molar-refractivity contribution in [1.82, 2.24) is 0 Å². The molecule has 1 aliphatic carbocycles. The second kappa shape index (κ2) is 4.26. The summed E-state index contributed by atoms with van der Waals surface area (Å²) in [5.41, 5.74) is 8.19. The zero-order valence-corrected chi connectivity index (χ0v) is 9.74. The van der Waals surface area contributed by atoms with Crippen molar-refractivity contribution in [3.63, 3.8) is 0 Å². The van der Waals surface area contributed by atoms with E-state index in [1.807, 2.05) is 6.07 Å². The van der Waals surface area contributed by atoms with Crippen LogP contribution in [0.2, 0.25) is 0 Å². The monoisotopic (exact) mass is 203 g/mol. The summed E-state index contributed by atoms with van der Waals surface area (Å²) in [6.45, 7) is 4.74. The molecule has 1 fully saturated rings. The fourth-order valence-electron chi connectivity index (χ4n) is 2.79. The molecule has 1 aliphatic rings. The van der Waals surface area contributed by atoms with Crippen molar-refractivity contribution in [2.24, 2.45) is 11.8 Å². The first-order valence-electron chi connectivity index (χ1n) is 6.02. The topological polar surface area (TPSA) is 26.0 Å². The van der Waals surface area contributed by atoms with Gasteiger partial charge < -0.3 is 5.73 Å². The molecule has 1 aromatic rings. The Hall–Kier alpha value is -0.980. The van der Waals surface area contributed by atoms with Crippen LogP contribution < -0.4 is 5.73 Å². The van der Waals surface area contributed by atoms with Gasteiger partial charge in [0.2, 0.25) is 0 Å². The van der Waals surface area contributed by atoms with Crippen molar-refractivity contribution in [3.05, 3.63) is 29.8 Å². The molecule has 0 bridgehead atoms. The summed E-state index contributed by atoms with van der Waals surface area (Å²) < 4.78 is 0. The summed E-state index contributed by atoms with van der Waals surface area (Å²) in [7, 11) is 0. The number of hydrogen-bond acceptors (Lipinski definition) is 1. The van der Waals surface area contributed by atoms with Gasteiger partial charge in [0, 0.05) is 5.69 Å². The Morgan fingerprint density at radius 1 is 1.20 bits per heavy atom. The van der Waals surface area contributed by atoms with E-state index >= 15 is 0 Å². The number of nitrogens with two attached hydrogens (primary N) is 1. The zero-order valence-electron chi connectivity index (χ0n) is 9.74. The van der Waals surface area contributed by atoms with Gasteiger partial charge in [-0.15, -0.1) is 0 Å². The smallest absolute Gasteiger partial charge is 0.0316 e. The predicted molar refractivity (Wildman–Crippen MR) is 65.8 cm³/mol. The van der Waals surface area contributed by atoms with Gasteiger partial charge in [0.1, 0.15) is 0 Å². The van der Waals surface area contributed by atoms with Crippen LogP contribution in [0.5, 0.6) is 0 Å². The summed E-state index contributed by atoms with van der Waals surface area (Å²) in [5.74, 6) is 2.40. The van der Waals surface area contributed by atoms with Gasteiger partial charge in [-0.1, -0.05) is 32.4 Å². The van der Waals surface area contributed by atoms with Crippen LogP contribution in [-0.4, -0.2) is 0 Å². The number of rotatable bonds is 1. The van der Waals surface area contributed by atoms with Crippen molar-refractivity contribution in [2.75, 3.05) is 5.73 Å². The molecule has 1 aromatic carbocycles. The van der Waals surface area contributed by atoms with Crippen LogP contribution in [0.15, 0.2) is 24.3 Å². The molecule has 0 heterocycles. The van der Waals surface area contributed by atoms with Gasteiger partial charge in [-0.05, 0) is 48.3 Å². The van der Waals surface area contributed by atoms with E-state index in [0.717, 1.165) is 23.4 Å². The van der Waals surface area contributed by atoms with E-state index in [2.05, 4.69) is 32.0 Å². The molecular weight excluding hydrogens is 182 g/mol. The number of anilines is 1. The molecule has 1 nitrogen and oxygen atoms in total. The highest BCUT2D eigenvalue weighted by Crippen LogP contribution is 2.40. The molecule has 0 unspecified atom stereocenters. The second-order valence-corrected chi connectivity index (χ2v) is 5.17. The molecule has 1 saturated carbocycles. The van der Waals surface area contributed by atoms with E-state index in [1.165, 1.54) is 24.8 Å². The lowest BCUT2D eigenvalue weighted by Crippen LogP contribution is -2.19. The van der Waals surface area contributed by atoms with Gasteiger partial charge >= 0.3 is 0 Å². The Bertz CT molecular complexity index is 332. The first kappa shape index (κ1) is 10.5. The Morgan fingerprint density at radius 2 is 2.00 bits per heavy atom. The molecule has 82 valence electrons. The van der Waals surface area contributed by atoms with Crippen LogP contribution in [-0.2, 0) is 0 Å². The molecule has 0 amide bonds. The minimum atomic E-state index is 0.720. The van der Waals surface area contributed by atoms with Crippen LogP contribution in [0.3, 0.4) is 0 Å². The third-order valence-electron chi connectivity index (χ3n) is 3.80. The van der Waals surface area contributed by atoms with E-state index in [1.54, 1.807) is 0 Å². The standard InChI is InChI=1S/C14H21N/c1-10-6-7-11(2)14(8-10)12-4-3-5-13(15)9-12/h3-5,9-11,14H,6-8,15H2,1-2H3/t10-,11-,14+/m1/s1. The van der Waals surface area contributed by atoms with E-state index < -0.39 is 0 Å². The molecular formula is C14H21N. The summed E-state index contributed by atoms with van der Waals surface area (Å²) in [5, 5.41) is 0. The largest absolute Gasteiger partial charge is 0.399 e. The molecule has 0 aromatic heterocycles. The average Bonchev–Trinajstić information content (AvgIpc) is 2.22. The number of benzene rings is 1. The highest BCUT2D eigenvalue weighted by atomic mass is 14.5. The summed E-state index contributed by atoms with van der Waals surface area (Å²) in [6.07, 6.45) is 4.07. The van der Waals surface area contributed by atoms with Gasteiger partial charge in [-0.25, -0.2) is 0 Å². The van der Waals surface area contributed by atoms with Crippen LogP contribution in [0.1, 0.15) is 44.6 Å². The summed E-state index contributed by atoms with van der Waals surface area (Å²) >= 11 is 0. The fourth-order valence-corrected chi connectivity index (χ4v) is 2.79. The molecule has 0 aliphatic heterocycles. The highest BCUT2D eigenvalue weighted by Gasteiger charge is 2.26. The summed E-state index contributed by atoms with van der Waals surface area (Å²) in [6, 6.07) is 8.44. The third-order valence-corrected chi connectivity index (χ3v) is 3.80. The quantitative estimate of drug-likeness (QED) is 0.690. The molecule has 15 heavy (non-hydrogen) atoms. The molecule has 3 atom stereocenters. The SMILES string of the molecule is C[C@@H]1CC[C@@H](C)[C@@H](c2cccc(N)c2)C1. The van der Waals surface area contributed by atoms with Crippen molar-refractivity contribution in [3.8, 4) is 0 Å². The molecule has 2 N–H and O–H groups in total.